The van der Waals surface area contributed by atoms with E-state index < -0.39 is 0 Å². The Balaban J connectivity index is 1.45. The zero-order valence-corrected chi connectivity index (χ0v) is 18.6. The summed E-state index contributed by atoms with van der Waals surface area (Å²) in [5.74, 6) is -0.268. The molecule has 3 heterocycles. The van der Waals surface area contributed by atoms with Gasteiger partial charge in [0.25, 0.3) is 0 Å². The average molecular weight is 474 g/mol. The van der Waals surface area contributed by atoms with Crippen LogP contribution in [0.4, 0.5) is 4.39 Å². The predicted octanol–water partition coefficient (Wildman–Crippen LogP) is 4.60. The van der Waals surface area contributed by atoms with Crippen LogP contribution in [0.3, 0.4) is 0 Å². The number of hydrogen-bond acceptors (Lipinski definition) is 4. The van der Waals surface area contributed by atoms with Crippen molar-refractivity contribution in [2.24, 2.45) is 0 Å². The molecule has 0 spiro atoms. The summed E-state index contributed by atoms with van der Waals surface area (Å²) >= 11 is 6.58. The maximum Gasteiger partial charge on any atom is 0.323 e. The first-order chi connectivity index (χ1) is 16.5. The molecule has 0 bridgehead atoms. The number of rotatable bonds is 4. The predicted molar refractivity (Wildman–Crippen MR) is 128 cm³/mol. The Morgan fingerprint density at radius 3 is 2.74 bits per heavy atom. The van der Waals surface area contributed by atoms with Crippen LogP contribution in [0.25, 0.3) is 39.0 Å². The number of aryl methyl sites for hydroxylation is 1. The molecule has 6 rings (SSSR count). The Kier molecular flexibility index (Phi) is 4.59. The lowest BCUT2D eigenvalue weighted by Gasteiger charge is -2.10. The lowest BCUT2D eigenvalue weighted by Crippen LogP contribution is -2.06. The third-order valence-electron chi connectivity index (χ3n) is 5.79. The van der Waals surface area contributed by atoms with E-state index in [1.54, 1.807) is 33.8 Å². The zero-order valence-electron chi connectivity index (χ0n) is 17.9. The van der Waals surface area contributed by atoms with Crippen molar-refractivity contribution < 1.29 is 4.39 Å². The quantitative estimate of drug-likeness (QED) is 0.391. The molecule has 0 aliphatic carbocycles. The molecule has 0 amide bonds. The summed E-state index contributed by atoms with van der Waals surface area (Å²) in [6.07, 6.45) is 1.67. The molecule has 0 saturated carbocycles. The number of nitrogens with zero attached hydrogens (tertiary/aromatic N) is 5. The van der Waals surface area contributed by atoms with E-state index in [1.807, 2.05) is 37.3 Å². The van der Waals surface area contributed by atoms with Gasteiger partial charge in [-0.05, 0) is 55.0 Å². The van der Waals surface area contributed by atoms with E-state index in [2.05, 4.69) is 25.4 Å². The van der Waals surface area contributed by atoms with E-state index in [0.717, 1.165) is 16.8 Å². The molecule has 3 aromatic carbocycles. The van der Waals surface area contributed by atoms with Crippen molar-refractivity contribution in [2.75, 3.05) is 0 Å². The minimum atomic E-state index is -0.279. The van der Waals surface area contributed by atoms with Gasteiger partial charge in [0.05, 0.1) is 39.5 Å². The number of H-pyrrole nitrogens is 2. The summed E-state index contributed by atoms with van der Waals surface area (Å²) in [6.45, 7) is 2.13. The van der Waals surface area contributed by atoms with E-state index in [-0.39, 0.29) is 18.1 Å². The monoisotopic (exact) mass is 473 g/mol. The van der Waals surface area contributed by atoms with E-state index in [0.29, 0.717) is 38.3 Å². The number of halogens is 2. The molecule has 0 radical (unpaired) electrons. The number of aromatic amines is 2. The molecule has 0 saturated heterocycles. The van der Waals surface area contributed by atoms with Crippen LogP contribution in [0.2, 0.25) is 5.02 Å². The number of imidazole rings is 1. The maximum atomic E-state index is 14.5. The van der Waals surface area contributed by atoms with Crippen LogP contribution in [0.1, 0.15) is 11.1 Å². The topological polar surface area (TPSA) is 97.2 Å². The van der Waals surface area contributed by atoms with Gasteiger partial charge in [0.2, 0.25) is 0 Å². The Bertz CT molecular complexity index is 1760. The van der Waals surface area contributed by atoms with Gasteiger partial charge in [0.1, 0.15) is 11.3 Å². The minimum Gasteiger partial charge on any atom is -0.306 e. The van der Waals surface area contributed by atoms with Gasteiger partial charge < -0.3 is 9.97 Å². The van der Waals surface area contributed by atoms with Crippen LogP contribution in [-0.4, -0.2) is 34.7 Å². The highest BCUT2D eigenvalue weighted by atomic mass is 35.5. The molecule has 0 atom stereocenters. The van der Waals surface area contributed by atoms with Crippen molar-refractivity contribution >= 4 is 33.7 Å². The number of fused-ring (bicyclic) bond motifs is 2. The normalized spacial score (nSPS) is 11.6. The van der Waals surface area contributed by atoms with E-state index in [4.69, 9.17) is 11.6 Å². The van der Waals surface area contributed by atoms with Crippen molar-refractivity contribution in [1.29, 1.82) is 0 Å². The van der Waals surface area contributed by atoms with E-state index >= 15 is 0 Å². The van der Waals surface area contributed by atoms with Crippen molar-refractivity contribution in [1.82, 2.24) is 34.7 Å². The second-order valence-corrected chi connectivity index (χ2v) is 8.51. The first-order valence-electron chi connectivity index (χ1n) is 10.5. The molecule has 0 aliphatic rings. The fraction of sp³-hybridized carbons (Fsp3) is 0.0833. The van der Waals surface area contributed by atoms with Crippen molar-refractivity contribution in [3.8, 4) is 16.9 Å². The second-order valence-electron chi connectivity index (χ2n) is 8.11. The van der Waals surface area contributed by atoms with Crippen molar-refractivity contribution in [2.45, 2.75) is 13.5 Å². The van der Waals surface area contributed by atoms with Gasteiger partial charge >= 0.3 is 5.69 Å². The highest BCUT2D eigenvalue weighted by Gasteiger charge is 2.16. The number of benzene rings is 3. The Hall–Kier alpha value is -4.24. The van der Waals surface area contributed by atoms with Gasteiger partial charge in [-0.25, -0.2) is 13.9 Å². The summed E-state index contributed by atoms with van der Waals surface area (Å²) in [7, 11) is 0. The Morgan fingerprint density at radius 1 is 1.03 bits per heavy atom. The molecule has 8 nitrogen and oxygen atoms in total. The lowest BCUT2D eigenvalue weighted by atomic mass is 10.1. The SMILES string of the molecule is Cc1ccc(Cn2nccc2-c2cc(Cl)c3nnn(-c4ccc5[nH]c(=O)[nH]c5c4)c3c2)c(F)c1. The van der Waals surface area contributed by atoms with Crippen molar-refractivity contribution in [3.63, 3.8) is 0 Å². The van der Waals surface area contributed by atoms with E-state index in [9.17, 15) is 9.18 Å². The van der Waals surface area contributed by atoms with Gasteiger partial charge in [0.15, 0.2) is 0 Å². The number of hydrogen-bond donors (Lipinski definition) is 2. The van der Waals surface area contributed by atoms with Crippen LogP contribution in [0.5, 0.6) is 0 Å². The van der Waals surface area contributed by atoms with E-state index in [1.165, 1.54) is 6.07 Å². The van der Waals surface area contributed by atoms with Crippen LogP contribution < -0.4 is 5.69 Å². The molecule has 10 heteroatoms. The first-order valence-corrected chi connectivity index (χ1v) is 10.9. The van der Waals surface area contributed by atoms with Crippen molar-refractivity contribution in [3.05, 3.63) is 93.2 Å². The summed E-state index contributed by atoms with van der Waals surface area (Å²) < 4.78 is 17.8. The van der Waals surface area contributed by atoms with Gasteiger partial charge in [-0.2, -0.15) is 5.10 Å². The third kappa shape index (κ3) is 3.37. The molecular weight excluding hydrogens is 457 g/mol. The Morgan fingerprint density at radius 2 is 1.88 bits per heavy atom. The second kappa shape index (κ2) is 7.67. The fourth-order valence-electron chi connectivity index (χ4n) is 4.12. The third-order valence-corrected chi connectivity index (χ3v) is 6.08. The van der Waals surface area contributed by atoms with Gasteiger partial charge in [-0.3, -0.25) is 4.68 Å². The highest BCUT2D eigenvalue weighted by Crippen LogP contribution is 2.31. The molecule has 2 N–H and O–H groups in total. The van der Waals surface area contributed by atoms with Gasteiger partial charge in [-0.1, -0.05) is 28.9 Å². The molecule has 0 fully saturated rings. The average Bonchev–Trinajstić information content (AvgIpc) is 3.52. The standard InChI is InChI=1S/C24H17ClFN7O/c1-13-2-3-14(18(26)8-13)12-32-21(6-7-27-32)15-9-17(25)23-22(10-15)33(31-30-23)16-4-5-19-20(11-16)29-24(34)28-19/h2-11H,12H2,1H3,(H2,28,29,34). The molecule has 0 unspecified atom stereocenters. The molecule has 0 aliphatic heterocycles. The van der Waals surface area contributed by atoms with Gasteiger partial charge in [-0.15, -0.1) is 5.10 Å². The number of aromatic nitrogens is 7. The summed E-state index contributed by atoms with van der Waals surface area (Å²) in [4.78, 5) is 17.1. The van der Waals surface area contributed by atoms with Crippen LogP contribution in [0.15, 0.2) is 65.6 Å². The fourth-order valence-corrected chi connectivity index (χ4v) is 4.37. The number of nitrogens with one attached hydrogen (secondary N) is 2. The molecule has 6 aromatic rings. The maximum absolute atomic E-state index is 14.5. The Labute approximate surface area is 196 Å². The first kappa shape index (κ1) is 20.4. The molecule has 168 valence electrons. The largest absolute Gasteiger partial charge is 0.323 e. The smallest absolute Gasteiger partial charge is 0.306 e. The molecule has 3 aromatic heterocycles. The van der Waals surface area contributed by atoms with Gasteiger partial charge in [0, 0.05) is 17.3 Å². The lowest BCUT2D eigenvalue weighted by molar-refractivity contribution is 0.586. The molecule has 34 heavy (non-hydrogen) atoms. The molecular formula is C24H17ClFN7O. The summed E-state index contributed by atoms with van der Waals surface area (Å²) in [5, 5.41) is 13.4. The highest BCUT2D eigenvalue weighted by molar-refractivity contribution is 6.35. The van der Waals surface area contributed by atoms with Crippen LogP contribution in [-0.2, 0) is 6.54 Å². The zero-order chi connectivity index (χ0) is 23.4. The van der Waals surface area contributed by atoms with Crippen LogP contribution in [0, 0.1) is 12.7 Å². The summed E-state index contributed by atoms with van der Waals surface area (Å²) in [6, 6.07) is 16.2. The summed E-state index contributed by atoms with van der Waals surface area (Å²) in [5.41, 5.74) is 6.01. The van der Waals surface area contributed by atoms with Crippen LogP contribution >= 0.6 is 11.6 Å². The minimum absolute atomic E-state index is 0.268.